The van der Waals surface area contributed by atoms with E-state index in [9.17, 15) is 9.59 Å². The van der Waals surface area contributed by atoms with E-state index in [4.69, 9.17) is 39.8 Å². The molecule has 186 valence electrons. The van der Waals surface area contributed by atoms with Gasteiger partial charge < -0.3 is 15.1 Å². The molecule has 0 spiro atoms. The van der Waals surface area contributed by atoms with E-state index in [0.717, 1.165) is 11.1 Å². The maximum Gasteiger partial charge on any atom is 0.255 e. The van der Waals surface area contributed by atoms with Crippen molar-refractivity contribution in [2.24, 2.45) is 0 Å². The summed E-state index contributed by atoms with van der Waals surface area (Å²) in [6.45, 7) is 1.87. The van der Waals surface area contributed by atoms with Gasteiger partial charge in [-0.15, -0.1) is 0 Å². The fraction of sp³-hybridized carbons (Fsp3) is 0.0357. The third kappa shape index (κ3) is 7.30. The van der Waals surface area contributed by atoms with E-state index >= 15 is 0 Å². The third-order valence-corrected chi connectivity index (χ3v) is 5.82. The molecule has 0 unspecified atom stereocenters. The molecule has 2 amide bonds. The second-order valence-electron chi connectivity index (χ2n) is 7.99. The molecule has 3 aromatic carbocycles. The number of carbonyl (C=O) groups excluding carboxylic acids is 2. The minimum atomic E-state index is -0.426. The first kappa shape index (κ1) is 26.2. The van der Waals surface area contributed by atoms with Crippen LogP contribution in [0.3, 0.4) is 0 Å². The van der Waals surface area contributed by atoms with Crippen LogP contribution >= 0.6 is 35.4 Å². The van der Waals surface area contributed by atoms with E-state index < -0.39 is 5.91 Å². The molecule has 0 aliphatic rings. The van der Waals surface area contributed by atoms with E-state index in [1.54, 1.807) is 54.6 Å². The monoisotopic (exact) mass is 549 g/mol. The molecular formula is C28H21Cl2N3O3S. The van der Waals surface area contributed by atoms with Gasteiger partial charge in [-0.2, -0.15) is 0 Å². The van der Waals surface area contributed by atoms with Crippen LogP contribution in [0.25, 0.3) is 17.4 Å². The van der Waals surface area contributed by atoms with E-state index in [-0.39, 0.29) is 11.0 Å². The molecule has 0 aliphatic carbocycles. The van der Waals surface area contributed by atoms with Crippen LogP contribution in [0.15, 0.2) is 89.4 Å². The van der Waals surface area contributed by atoms with Crippen LogP contribution in [0.1, 0.15) is 21.7 Å². The molecular weight excluding hydrogens is 529 g/mol. The van der Waals surface area contributed by atoms with Crippen LogP contribution in [0.2, 0.25) is 10.0 Å². The average molecular weight is 550 g/mol. The molecule has 4 aromatic rings. The van der Waals surface area contributed by atoms with Gasteiger partial charge in [0.05, 0.1) is 0 Å². The summed E-state index contributed by atoms with van der Waals surface area (Å²) in [5, 5.41) is 9.57. The van der Waals surface area contributed by atoms with Gasteiger partial charge in [-0.3, -0.25) is 14.9 Å². The lowest BCUT2D eigenvalue weighted by atomic mass is 10.1. The van der Waals surface area contributed by atoms with Crippen molar-refractivity contribution in [3.63, 3.8) is 0 Å². The number of carbonyl (C=O) groups is 2. The number of amides is 2. The Labute approximate surface area is 229 Å². The Bertz CT molecular complexity index is 1480. The Kier molecular flexibility index (Phi) is 8.40. The Morgan fingerprint density at radius 2 is 1.62 bits per heavy atom. The van der Waals surface area contributed by atoms with E-state index in [0.29, 0.717) is 38.5 Å². The van der Waals surface area contributed by atoms with Gasteiger partial charge in [0.25, 0.3) is 5.91 Å². The first-order valence-corrected chi connectivity index (χ1v) is 12.3. The highest BCUT2D eigenvalue weighted by Gasteiger charge is 2.09. The minimum absolute atomic E-state index is 0.129. The standard InChI is InChI=1S/C28H21Cl2N3O3S/c1-17-13-22(7-10-24(17)32-27(35)18-5-3-2-4-6-18)31-28(37)33-26(34)12-9-23-8-11-25(36-23)19-14-20(29)16-21(30)15-19/h2-16H,1H3,(H,32,35)(H2,31,33,34,37)/b12-9+. The smallest absolute Gasteiger partial charge is 0.255 e. The van der Waals surface area contributed by atoms with Crippen molar-refractivity contribution in [3.05, 3.63) is 112 Å². The van der Waals surface area contributed by atoms with Crippen LogP contribution in [0.4, 0.5) is 11.4 Å². The molecule has 0 saturated heterocycles. The lowest BCUT2D eigenvalue weighted by Gasteiger charge is -2.12. The van der Waals surface area contributed by atoms with Crippen LogP contribution in [0.5, 0.6) is 0 Å². The molecule has 1 heterocycles. The predicted octanol–water partition coefficient (Wildman–Crippen LogP) is 7.34. The SMILES string of the molecule is Cc1cc(NC(=S)NC(=O)/C=C/c2ccc(-c3cc(Cl)cc(Cl)c3)o2)ccc1NC(=O)c1ccccc1. The lowest BCUT2D eigenvalue weighted by molar-refractivity contribution is -0.115. The number of rotatable bonds is 6. The first-order valence-electron chi connectivity index (χ1n) is 11.1. The number of thiocarbonyl (C=S) groups is 1. The first-order chi connectivity index (χ1) is 17.8. The Hall–Kier alpha value is -3.91. The molecule has 0 fully saturated rings. The van der Waals surface area contributed by atoms with Crippen LogP contribution in [-0.4, -0.2) is 16.9 Å². The van der Waals surface area contributed by atoms with E-state index in [1.807, 2.05) is 31.2 Å². The Morgan fingerprint density at radius 1 is 0.892 bits per heavy atom. The second-order valence-corrected chi connectivity index (χ2v) is 9.27. The predicted molar refractivity (Wildman–Crippen MR) is 153 cm³/mol. The number of aryl methyl sites for hydroxylation is 1. The topological polar surface area (TPSA) is 83.4 Å². The molecule has 37 heavy (non-hydrogen) atoms. The third-order valence-electron chi connectivity index (χ3n) is 5.18. The number of anilines is 2. The van der Waals surface area contributed by atoms with Crippen molar-refractivity contribution in [1.82, 2.24) is 5.32 Å². The summed E-state index contributed by atoms with van der Waals surface area (Å²) in [6, 6.07) is 22.9. The zero-order chi connectivity index (χ0) is 26.4. The number of halogens is 2. The summed E-state index contributed by atoms with van der Waals surface area (Å²) in [4.78, 5) is 24.7. The second kappa shape index (κ2) is 11.9. The van der Waals surface area contributed by atoms with Gasteiger partial charge in [0.1, 0.15) is 11.5 Å². The normalized spacial score (nSPS) is 10.8. The number of hydrogen-bond donors (Lipinski definition) is 3. The Morgan fingerprint density at radius 3 is 2.32 bits per heavy atom. The summed E-state index contributed by atoms with van der Waals surface area (Å²) in [5.41, 5.74) is 3.47. The molecule has 4 rings (SSSR count). The largest absolute Gasteiger partial charge is 0.457 e. The zero-order valence-electron chi connectivity index (χ0n) is 19.5. The van der Waals surface area contributed by atoms with Gasteiger partial charge in [0.15, 0.2) is 5.11 Å². The fourth-order valence-corrected chi connectivity index (χ4v) is 4.18. The molecule has 9 heteroatoms. The van der Waals surface area contributed by atoms with Crippen molar-refractivity contribution < 1.29 is 14.0 Å². The molecule has 0 saturated carbocycles. The summed E-state index contributed by atoms with van der Waals surface area (Å²) < 4.78 is 5.75. The molecule has 0 atom stereocenters. The van der Waals surface area contributed by atoms with E-state index in [1.165, 1.54) is 12.2 Å². The highest BCUT2D eigenvalue weighted by atomic mass is 35.5. The number of nitrogens with one attached hydrogen (secondary N) is 3. The van der Waals surface area contributed by atoms with E-state index in [2.05, 4.69) is 16.0 Å². The zero-order valence-corrected chi connectivity index (χ0v) is 21.9. The van der Waals surface area contributed by atoms with Gasteiger partial charge in [0.2, 0.25) is 5.91 Å². The number of furan rings is 1. The van der Waals surface area contributed by atoms with Gasteiger partial charge in [-0.25, -0.2) is 0 Å². The maximum absolute atomic E-state index is 12.4. The summed E-state index contributed by atoms with van der Waals surface area (Å²) in [5.74, 6) is 0.424. The summed E-state index contributed by atoms with van der Waals surface area (Å²) >= 11 is 17.3. The van der Waals surface area contributed by atoms with Gasteiger partial charge in [-0.1, -0.05) is 41.4 Å². The minimum Gasteiger partial charge on any atom is -0.457 e. The van der Waals surface area contributed by atoms with Crippen molar-refractivity contribution in [1.29, 1.82) is 0 Å². The molecule has 0 radical (unpaired) electrons. The molecule has 3 N–H and O–H groups in total. The van der Waals surface area contributed by atoms with Gasteiger partial charge >= 0.3 is 0 Å². The van der Waals surface area contributed by atoms with Crippen molar-refractivity contribution >= 4 is 69.8 Å². The number of hydrogen-bond acceptors (Lipinski definition) is 4. The van der Waals surface area contributed by atoms with Crippen molar-refractivity contribution in [2.45, 2.75) is 6.92 Å². The average Bonchev–Trinajstić information content (AvgIpc) is 3.33. The van der Waals surface area contributed by atoms with Crippen LogP contribution < -0.4 is 16.0 Å². The molecule has 1 aromatic heterocycles. The lowest BCUT2D eigenvalue weighted by Crippen LogP contribution is -2.32. The van der Waals surface area contributed by atoms with Gasteiger partial charge in [0, 0.05) is 38.6 Å². The summed E-state index contributed by atoms with van der Waals surface area (Å²) in [6.07, 6.45) is 2.84. The van der Waals surface area contributed by atoms with Gasteiger partial charge in [-0.05, 0) is 91.4 Å². The highest BCUT2D eigenvalue weighted by molar-refractivity contribution is 7.80. The Balaban J connectivity index is 1.31. The highest BCUT2D eigenvalue weighted by Crippen LogP contribution is 2.29. The molecule has 0 aliphatic heterocycles. The maximum atomic E-state index is 12.4. The quantitative estimate of drug-likeness (QED) is 0.173. The molecule has 6 nitrogen and oxygen atoms in total. The van der Waals surface area contributed by atoms with Crippen LogP contribution in [0, 0.1) is 6.92 Å². The number of benzene rings is 3. The summed E-state index contributed by atoms with van der Waals surface area (Å²) in [7, 11) is 0. The van der Waals surface area contributed by atoms with Crippen molar-refractivity contribution in [3.8, 4) is 11.3 Å². The van der Waals surface area contributed by atoms with Crippen molar-refractivity contribution in [2.75, 3.05) is 10.6 Å². The van der Waals surface area contributed by atoms with Crippen LogP contribution in [-0.2, 0) is 4.79 Å². The molecule has 0 bridgehead atoms. The fourth-order valence-electron chi connectivity index (χ4n) is 3.43.